The molecule has 0 spiro atoms. The first kappa shape index (κ1) is 8.41. The van der Waals surface area contributed by atoms with Gasteiger partial charge in [0.25, 0.3) is 0 Å². The molecule has 0 fully saturated rings. The number of benzene rings is 1. The summed E-state index contributed by atoms with van der Waals surface area (Å²) in [7, 11) is 0. The Balaban J connectivity index is 3.23. The Hall–Kier alpha value is -0.690. The largest absolute Gasteiger partial charge is 0.143 e. The molecule has 58 valence electrons. The summed E-state index contributed by atoms with van der Waals surface area (Å²) in [5, 5.41) is 0. The van der Waals surface area contributed by atoms with Gasteiger partial charge in [0, 0.05) is 4.90 Å². The Morgan fingerprint density at radius 3 is 2.55 bits per heavy atom. The maximum atomic E-state index is 4.32. The molecule has 1 heteroatoms. The summed E-state index contributed by atoms with van der Waals surface area (Å²) < 4.78 is 0. The maximum absolute atomic E-state index is 4.32. The van der Waals surface area contributed by atoms with Gasteiger partial charge >= 0.3 is 0 Å². The molecule has 0 amide bonds. The molecule has 0 aliphatic rings. The zero-order chi connectivity index (χ0) is 8.43. The summed E-state index contributed by atoms with van der Waals surface area (Å²) in [5.74, 6) is 0. The minimum Gasteiger partial charge on any atom is -0.143 e. The molecule has 0 unspecified atom stereocenters. The second kappa shape index (κ2) is 3.14. The predicted octanol–water partition coefficient (Wildman–Crippen LogP) is 3.32. The van der Waals surface area contributed by atoms with E-state index in [2.05, 4.69) is 38.3 Å². The minimum absolute atomic E-state index is 1.00. The molecular weight excluding hydrogens is 152 g/mol. The van der Waals surface area contributed by atoms with E-state index in [-0.39, 0.29) is 0 Å². The molecule has 0 nitrogen and oxygen atoms in total. The van der Waals surface area contributed by atoms with E-state index in [0.717, 1.165) is 16.0 Å². The van der Waals surface area contributed by atoms with Crippen LogP contribution in [0.2, 0.25) is 0 Å². The van der Waals surface area contributed by atoms with Gasteiger partial charge in [-0.3, -0.25) is 0 Å². The van der Waals surface area contributed by atoms with Crippen LogP contribution in [0.5, 0.6) is 0 Å². The number of allylic oxidation sites excluding steroid dienone is 1. The molecule has 11 heavy (non-hydrogen) atoms. The lowest BCUT2D eigenvalue weighted by Crippen LogP contribution is -1.82. The Kier molecular flexibility index (Phi) is 2.40. The van der Waals surface area contributed by atoms with E-state index in [0.29, 0.717) is 0 Å². The van der Waals surface area contributed by atoms with Crippen LogP contribution in [0.4, 0.5) is 0 Å². The highest BCUT2D eigenvalue weighted by atomic mass is 32.1. The van der Waals surface area contributed by atoms with Crippen molar-refractivity contribution in [2.45, 2.75) is 18.7 Å². The summed E-state index contributed by atoms with van der Waals surface area (Å²) in [6.07, 6.45) is 0. The summed E-state index contributed by atoms with van der Waals surface area (Å²) >= 11 is 4.32. The van der Waals surface area contributed by atoms with Crippen LogP contribution in [0.1, 0.15) is 18.1 Å². The molecule has 0 saturated carbocycles. The normalized spacial score (nSPS) is 9.73. The van der Waals surface area contributed by atoms with Gasteiger partial charge < -0.3 is 0 Å². The van der Waals surface area contributed by atoms with Crippen molar-refractivity contribution < 1.29 is 0 Å². The molecule has 0 aliphatic heterocycles. The standard InChI is InChI=1S/C10H12S/c1-7(2)9-6-8(3)4-5-10(9)11/h4-6,11H,1H2,2-3H3. The first-order chi connectivity index (χ1) is 5.11. The van der Waals surface area contributed by atoms with Gasteiger partial charge in [-0.2, -0.15) is 0 Å². The van der Waals surface area contributed by atoms with Crippen LogP contribution >= 0.6 is 12.6 Å². The van der Waals surface area contributed by atoms with Crippen LogP contribution in [0.3, 0.4) is 0 Å². The van der Waals surface area contributed by atoms with Gasteiger partial charge in [-0.05, 0) is 31.1 Å². The number of thiol groups is 1. The Labute approximate surface area is 73.4 Å². The molecule has 1 rings (SSSR count). The van der Waals surface area contributed by atoms with Crippen molar-refractivity contribution in [3.8, 4) is 0 Å². The zero-order valence-electron chi connectivity index (χ0n) is 6.89. The number of rotatable bonds is 1. The average Bonchev–Trinajstić information content (AvgIpc) is 1.94. The predicted molar refractivity (Wildman–Crippen MR) is 53.1 cm³/mol. The van der Waals surface area contributed by atoms with Crippen molar-refractivity contribution in [3.05, 3.63) is 35.9 Å². The van der Waals surface area contributed by atoms with Crippen molar-refractivity contribution in [1.82, 2.24) is 0 Å². The highest BCUT2D eigenvalue weighted by Crippen LogP contribution is 2.21. The lowest BCUT2D eigenvalue weighted by molar-refractivity contribution is 1.33. The van der Waals surface area contributed by atoms with Crippen LogP contribution in [0.15, 0.2) is 29.7 Å². The van der Waals surface area contributed by atoms with Crippen molar-refractivity contribution >= 4 is 18.2 Å². The molecule has 0 aliphatic carbocycles. The zero-order valence-corrected chi connectivity index (χ0v) is 7.78. The third-order valence-electron chi connectivity index (χ3n) is 1.61. The van der Waals surface area contributed by atoms with Crippen LogP contribution in [0, 0.1) is 6.92 Å². The molecule has 0 heterocycles. The smallest absolute Gasteiger partial charge is 0.0115 e. The van der Waals surface area contributed by atoms with E-state index >= 15 is 0 Å². The van der Waals surface area contributed by atoms with Crippen LogP contribution in [0.25, 0.3) is 5.57 Å². The topological polar surface area (TPSA) is 0 Å². The van der Waals surface area contributed by atoms with Gasteiger partial charge in [0.05, 0.1) is 0 Å². The van der Waals surface area contributed by atoms with Crippen molar-refractivity contribution in [3.63, 3.8) is 0 Å². The van der Waals surface area contributed by atoms with Crippen LogP contribution in [-0.4, -0.2) is 0 Å². The van der Waals surface area contributed by atoms with Gasteiger partial charge in [0.15, 0.2) is 0 Å². The van der Waals surface area contributed by atoms with Gasteiger partial charge in [-0.1, -0.05) is 24.3 Å². The highest BCUT2D eigenvalue weighted by molar-refractivity contribution is 7.80. The number of hydrogen-bond donors (Lipinski definition) is 1. The third kappa shape index (κ3) is 1.87. The Morgan fingerprint density at radius 2 is 2.09 bits per heavy atom. The number of aryl methyl sites for hydroxylation is 1. The Bertz CT molecular complexity index is 287. The monoisotopic (exact) mass is 164 g/mol. The minimum atomic E-state index is 1.00. The van der Waals surface area contributed by atoms with E-state index in [9.17, 15) is 0 Å². The first-order valence-corrected chi connectivity index (χ1v) is 4.01. The fourth-order valence-corrected chi connectivity index (χ4v) is 1.32. The lowest BCUT2D eigenvalue weighted by Gasteiger charge is -2.04. The molecule has 0 atom stereocenters. The first-order valence-electron chi connectivity index (χ1n) is 3.57. The molecule has 0 saturated heterocycles. The van der Waals surface area contributed by atoms with Gasteiger partial charge in [0.2, 0.25) is 0 Å². The van der Waals surface area contributed by atoms with E-state index in [4.69, 9.17) is 0 Å². The van der Waals surface area contributed by atoms with Gasteiger partial charge in [-0.25, -0.2) is 0 Å². The number of hydrogen-bond acceptors (Lipinski definition) is 1. The van der Waals surface area contributed by atoms with Crippen molar-refractivity contribution in [2.24, 2.45) is 0 Å². The van der Waals surface area contributed by atoms with Crippen LogP contribution < -0.4 is 0 Å². The molecule has 0 bridgehead atoms. The van der Waals surface area contributed by atoms with E-state index in [1.165, 1.54) is 5.56 Å². The molecule has 1 aromatic rings. The fraction of sp³-hybridized carbons (Fsp3) is 0.200. The third-order valence-corrected chi connectivity index (χ3v) is 2.00. The summed E-state index contributed by atoms with van der Waals surface area (Å²) in [6.45, 7) is 7.94. The molecular formula is C10H12S. The quantitative estimate of drug-likeness (QED) is 0.605. The lowest BCUT2D eigenvalue weighted by atomic mass is 10.1. The Morgan fingerprint density at radius 1 is 1.45 bits per heavy atom. The van der Waals surface area contributed by atoms with Gasteiger partial charge in [0.1, 0.15) is 0 Å². The van der Waals surface area contributed by atoms with Gasteiger partial charge in [-0.15, -0.1) is 12.6 Å². The van der Waals surface area contributed by atoms with E-state index in [1.807, 2.05) is 13.0 Å². The average molecular weight is 164 g/mol. The maximum Gasteiger partial charge on any atom is 0.0115 e. The summed E-state index contributed by atoms with van der Waals surface area (Å²) in [5.41, 5.74) is 3.47. The van der Waals surface area contributed by atoms with Crippen molar-refractivity contribution in [2.75, 3.05) is 0 Å². The molecule has 0 aromatic heterocycles. The van der Waals surface area contributed by atoms with Crippen molar-refractivity contribution in [1.29, 1.82) is 0 Å². The highest BCUT2D eigenvalue weighted by Gasteiger charge is 1.98. The fourth-order valence-electron chi connectivity index (χ4n) is 0.992. The summed E-state index contributed by atoms with van der Waals surface area (Å²) in [6, 6.07) is 6.15. The second-order valence-electron chi connectivity index (χ2n) is 2.80. The SMILES string of the molecule is C=C(C)c1cc(C)ccc1S. The molecule has 0 radical (unpaired) electrons. The molecule has 0 N–H and O–H groups in total. The van der Waals surface area contributed by atoms with E-state index < -0.39 is 0 Å². The second-order valence-corrected chi connectivity index (χ2v) is 3.28. The molecule has 1 aromatic carbocycles. The summed E-state index contributed by atoms with van der Waals surface area (Å²) in [4.78, 5) is 1.00. The van der Waals surface area contributed by atoms with Crippen LogP contribution in [-0.2, 0) is 0 Å². The van der Waals surface area contributed by atoms with E-state index in [1.54, 1.807) is 0 Å².